The van der Waals surface area contributed by atoms with Crippen LogP contribution >= 0.6 is 0 Å². The van der Waals surface area contributed by atoms with Gasteiger partial charge in [0.2, 0.25) is 10.0 Å². The van der Waals surface area contributed by atoms with Crippen LogP contribution in [0.2, 0.25) is 0 Å². The number of nitrogens with one attached hydrogen (secondary N) is 1. The lowest BCUT2D eigenvalue weighted by Crippen LogP contribution is -2.33. The predicted octanol–water partition coefficient (Wildman–Crippen LogP) is 3.29. The minimum atomic E-state index is -3.24. The van der Waals surface area contributed by atoms with Crippen molar-refractivity contribution in [3.8, 4) is 0 Å². The van der Waals surface area contributed by atoms with E-state index in [9.17, 15) is 8.42 Å². The number of sulfonamides is 1. The van der Waals surface area contributed by atoms with Crippen molar-refractivity contribution in [1.82, 2.24) is 4.90 Å². The highest BCUT2D eigenvalue weighted by atomic mass is 32.2. The molecule has 1 saturated carbocycles. The summed E-state index contributed by atoms with van der Waals surface area (Å²) in [6.45, 7) is 5.88. The van der Waals surface area contributed by atoms with Crippen molar-refractivity contribution in [3.05, 3.63) is 65.2 Å². The van der Waals surface area contributed by atoms with Crippen molar-refractivity contribution >= 4 is 15.7 Å². The van der Waals surface area contributed by atoms with Gasteiger partial charge in [-0.15, -0.1) is 0 Å². The molecule has 1 saturated heterocycles. The molecule has 0 aromatic heterocycles. The minimum absolute atomic E-state index is 0.185. The van der Waals surface area contributed by atoms with Crippen LogP contribution in [-0.4, -0.2) is 39.2 Å². The third-order valence-electron chi connectivity index (χ3n) is 7.27. The average molecular weight is 397 g/mol. The first-order valence-electron chi connectivity index (χ1n) is 10.2. The molecule has 2 aliphatic carbocycles. The number of nitrogens with zero attached hydrogens (tertiary/aromatic N) is 1. The first-order chi connectivity index (χ1) is 13.3. The molecular formula is C23H28N2O2S. The van der Waals surface area contributed by atoms with E-state index in [1.54, 1.807) is 0 Å². The van der Waals surface area contributed by atoms with Crippen molar-refractivity contribution in [2.24, 2.45) is 17.8 Å². The second kappa shape index (κ2) is 6.33. The van der Waals surface area contributed by atoms with Crippen molar-refractivity contribution in [2.75, 3.05) is 30.6 Å². The van der Waals surface area contributed by atoms with Gasteiger partial charge in [0.05, 0.1) is 6.26 Å². The summed E-state index contributed by atoms with van der Waals surface area (Å²) in [5.41, 5.74) is 5.20. The largest absolute Gasteiger partial charge is 0.302 e. The summed E-state index contributed by atoms with van der Waals surface area (Å²) in [5, 5.41) is 0. The van der Waals surface area contributed by atoms with Crippen molar-refractivity contribution < 1.29 is 8.42 Å². The zero-order valence-electron chi connectivity index (χ0n) is 16.6. The Bertz CT molecular complexity index is 980. The van der Waals surface area contributed by atoms with E-state index in [4.69, 9.17) is 0 Å². The molecular weight excluding hydrogens is 368 g/mol. The molecule has 2 fully saturated rings. The molecule has 5 rings (SSSR count). The molecule has 1 N–H and O–H groups in total. The van der Waals surface area contributed by atoms with Crippen LogP contribution in [0.5, 0.6) is 0 Å². The minimum Gasteiger partial charge on any atom is -0.302 e. The van der Waals surface area contributed by atoms with Gasteiger partial charge < -0.3 is 4.90 Å². The number of fused-ring (bicyclic) bond motifs is 2. The number of benzene rings is 2. The Morgan fingerprint density at radius 3 is 2.29 bits per heavy atom. The third-order valence-corrected chi connectivity index (χ3v) is 7.87. The Hall–Kier alpha value is -1.85. The molecule has 0 radical (unpaired) electrons. The Balaban J connectivity index is 1.22. The van der Waals surface area contributed by atoms with E-state index >= 15 is 0 Å². The van der Waals surface area contributed by atoms with Crippen molar-refractivity contribution in [2.45, 2.75) is 25.2 Å². The molecule has 148 valence electrons. The Kier molecular flexibility index (Phi) is 4.11. The quantitative estimate of drug-likeness (QED) is 0.844. The second-order valence-corrected chi connectivity index (χ2v) is 11.0. The molecule has 2 atom stereocenters. The lowest BCUT2D eigenvalue weighted by Gasteiger charge is -2.27. The van der Waals surface area contributed by atoms with Crippen LogP contribution in [0.25, 0.3) is 0 Å². The zero-order chi connectivity index (χ0) is 19.5. The van der Waals surface area contributed by atoms with E-state index < -0.39 is 10.0 Å². The maximum atomic E-state index is 11.5. The molecule has 3 aliphatic rings. The van der Waals surface area contributed by atoms with Crippen LogP contribution < -0.4 is 4.72 Å². The van der Waals surface area contributed by atoms with E-state index in [1.807, 2.05) is 18.2 Å². The average Bonchev–Trinajstić information content (AvgIpc) is 2.99. The molecule has 28 heavy (non-hydrogen) atoms. The highest BCUT2D eigenvalue weighted by Crippen LogP contribution is 2.63. The lowest BCUT2D eigenvalue weighted by molar-refractivity contribution is 0.238. The number of hydrogen-bond donors (Lipinski definition) is 1. The molecule has 1 heterocycles. The molecule has 2 aromatic rings. The van der Waals surface area contributed by atoms with Crippen molar-refractivity contribution in [1.29, 1.82) is 0 Å². The van der Waals surface area contributed by atoms with Crippen LogP contribution in [0.4, 0.5) is 5.69 Å². The maximum Gasteiger partial charge on any atom is 0.229 e. The van der Waals surface area contributed by atoms with Crippen LogP contribution in [-0.2, 0) is 28.3 Å². The van der Waals surface area contributed by atoms with Gasteiger partial charge in [-0.05, 0) is 59.4 Å². The molecule has 0 spiro atoms. The lowest BCUT2D eigenvalue weighted by atomic mass is 9.91. The van der Waals surface area contributed by atoms with Gasteiger partial charge in [0.1, 0.15) is 0 Å². The molecule has 5 heteroatoms. The van der Waals surface area contributed by atoms with Crippen LogP contribution in [0.15, 0.2) is 48.5 Å². The smallest absolute Gasteiger partial charge is 0.229 e. The molecule has 4 nitrogen and oxygen atoms in total. The SMILES string of the molecule is CC1(c2cccc(NS(C)(=O)=O)c2)C2CN(CC3Cc4ccccc4C3)CC21. The maximum absolute atomic E-state index is 11.5. The van der Waals surface area contributed by atoms with E-state index in [0.717, 1.165) is 19.0 Å². The highest BCUT2D eigenvalue weighted by molar-refractivity contribution is 7.92. The zero-order valence-corrected chi connectivity index (χ0v) is 17.4. The number of anilines is 1. The normalized spacial score (nSPS) is 29.5. The fourth-order valence-electron chi connectivity index (χ4n) is 5.82. The summed E-state index contributed by atoms with van der Waals surface area (Å²) < 4.78 is 25.7. The van der Waals surface area contributed by atoms with Crippen LogP contribution in [0, 0.1) is 17.8 Å². The predicted molar refractivity (Wildman–Crippen MR) is 113 cm³/mol. The highest BCUT2D eigenvalue weighted by Gasteiger charge is 2.65. The van der Waals surface area contributed by atoms with Gasteiger partial charge in [0.15, 0.2) is 0 Å². The summed E-state index contributed by atoms with van der Waals surface area (Å²) in [4.78, 5) is 2.66. The standard InChI is InChI=1S/C23H28N2O2S/c1-23(19-8-5-9-20(12-19)24-28(2,26)27)21-14-25(15-22(21)23)13-16-10-17-6-3-4-7-18(17)11-16/h3-9,12,16,21-22,24H,10-11,13-15H2,1-2H3. The fraction of sp³-hybridized carbons (Fsp3) is 0.478. The van der Waals surface area contributed by atoms with Gasteiger partial charge >= 0.3 is 0 Å². The Morgan fingerprint density at radius 2 is 1.68 bits per heavy atom. The van der Waals surface area contributed by atoms with E-state index in [2.05, 4.69) is 46.9 Å². The van der Waals surface area contributed by atoms with Crippen LogP contribution in [0.1, 0.15) is 23.6 Å². The molecule has 1 aliphatic heterocycles. The van der Waals surface area contributed by atoms with Gasteiger partial charge in [-0.2, -0.15) is 0 Å². The second-order valence-electron chi connectivity index (χ2n) is 9.21. The number of hydrogen-bond acceptors (Lipinski definition) is 3. The molecule has 0 amide bonds. The van der Waals surface area contributed by atoms with E-state index in [1.165, 1.54) is 42.3 Å². The first-order valence-corrected chi connectivity index (χ1v) is 12.1. The molecule has 2 aromatic carbocycles. The number of rotatable bonds is 5. The summed E-state index contributed by atoms with van der Waals surface area (Å²) >= 11 is 0. The Morgan fingerprint density at radius 1 is 1.04 bits per heavy atom. The summed E-state index contributed by atoms with van der Waals surface area (Å²) in [6.07, 6.45) is 3.64. The van der Waals surface area contributed by atoms with Gasteiger partial charge in [0, 0.05) is 30.7 Å². The third kappa shape index (κ3) is 3.15. The van der Waals surface area contributed by atoms with Gasteiger partial charge in [-0.3, -0.25) is 4.72 Å². The summed E-state index contributed by atoms with van der Waals surface area (Å²) in [5.74, 6) is 2.12. The van der Waals surface area contributed by atoms with E-state index in [0.29, 0.717) is 17.5 Å². The first kappa shape index (κ1) is 18.2. The Labute approximate surface area is 168 Å². The number of piperidine rings is 1. The fourth-order valence-corrected chi connectivity index (χ4v) is 6.37. The topological polar surface area (TPSA) is 49.4 Å². The summed E-state index contributed by atoms with van der Waals surface area (Å²) in [6, 6.07) is 16.9. The van der Waals surface area contributed by atoms with Gasteiger partial charge in [-0.1, -0.05) is 43.3 Å². The van der Waals surface area contributed by atoms with Gasteiger partial charge in [0.25, 0.3) is 0 Å². The van der Waals surface area contributed by atoms with Gasteiger partial charge in [-0.25, -0.2) is 8.42 Å². The molecule has 2 unspecified atom stereocenters. The van der Waals surface area contributed by atoms with Crippen LogP contribution in [0.3, 0.4) is 0 Å². The number of likely N-dealkylation sites (tertiary alicyclic amines) is 1. The molecule has 0 bridgehead atoms. The van der Waals surface area contributed by atoms with E-state index in [-0.39, 0.29) is 5.41 Å². The van der Waals surface area contributed by atoms with Crippen molar-refractivity contribution in [3.63, 3.8) is 0 Å². The summed E-state index contributed by atoms with van der Waals surface area (Å²) in [7, 11) is -3.24. The monoisotopic (exact) mass is 396 g/mol.